The Morgan fingerprint density at radius 1 is 0.367 bits per heavy atom. The van der Waals surface area contributed by atoms with Crippen molar-refractivity contribution in [2.75, 3.05) is 4.90 Å². The van der Waals surface area contributed by atoms with E-state index < -0.39 is 0 Å². The van der Waals surface area contributed by atoms with Gasteiger partial charge in [-0.2, -0.15) is 0 Å². The summed E-state index contributed by atoms with van der Waals surface area (Å²) in [6, 6.07) is 65.1. The van der Waals surface area contributed by atoms with Gasteiger partial charge >= 0.3 is 0 Å². The van der Waals surface area contributed by atoms with E-state index in [1.54, 1.807) is 0 Å². The Hall–Kier alpha value is -6.58. The van der Waals surface area contributed by atoms with E-state index in [0.29, 0.717) is 0 Å². The molecule has 10 rings (SSSR count). The molecular weight excluding hydrogens is 597 g/mol. The minimum Gasteiger partial charge on any atom is -0.456 e. The largest absolute Gasteiger partial charge is 0.456 e. The van der Waals surface area contributed by atoms with E-state index in [-0.39, 0.29) is 0 Å². The van der Waals surface area contributed by atoms with Crippen LogP contribution in [-0.4, -0.2) is 4.57 Å². The number of benzene rings is 8. The molecule has 8 aromatic carbocycles. The van der Waals surface area contributed by atoms with E-state index >= 15 is 0 Å². The van der Waals surface area contributed by atoms with Crippen molar-refractivity contribution in [3.63, 3.8) is 0 Å². The first-order chi connectivity index (χ1) is 24.3. The van der Waals surface area contributed by atoms with Crippen molar-refractivity contribution in [3.05, 3.63) is 182 Å². The van der Waals surface area contributed by atoms with Crippen LogP contribution >= 0.6 is 0 Å². The topological polar surface area (TPSA) is 21.3 Å². The number of nitrogens with zero attached hydrogens (tertiary/aromatic N) is 2. The minimum absolute atomic E-state index is 0.910. The molecule has 3 nitrogen and oxygen atoms in total. The van der Waals surface area contributed by atoms with E-state index in [0.717, 1.165) is 44.5 Å². The Morgan fingerprint density at radius 2 is 1.00 bits per heavy atom. The van der Waals surface area contributed by atoms with Gasteiger partial charge in [-0.15, -0.1) is 0 Å². The predicted octanol–water partition coefficient (Wildman–Crippen LogP) is 13.0. The monoisotopic (exact) mass is 626 g/mol. The normalized spacial score (nSPS) is 11.7. The van der Waals surface area contributed by atoms with Crippen molar-refractivity contribution >= 4 is 71.6 Å². The summed E-state index contributed by atoms with van der Waals surface area (Å²) in [5.41, 5.74) is 11.0. The number of rotatable bonds is 5. The average Bonchev–Trinajstić information content (AvgIpc) is 3.70. The fourth-order valence-corrected chi connectivity index (χ4v) is 7.50. The van der Waals surface area contributed by atoms with E-state index in [1.807, 2.05) is 12.1 Å². The van der Waals surface area contributed by atoms with Gasteiger partial charge in [0.25, 0.3) is 0 Å². The third-order valence-corrected chi connectivity index (χ3v) is 9.75. The molecular formula is C46H30N2O. The maximum Gasteiger partial charge on any atom is 0.135 e. The van der Waals surface area contributed by atoms with Gasteiger partial charge < -0.3 is 13.9 Å². The SMILES string of the molecule is c1ccc(N(c2ccccc2)c2ccc3c4cc(-c5ccc6oc7ccccc7c6c5)ccc4n(-c4cccc5ccccc45)c3c2)cc1. The molecule has 0 radical (unpaired) electrons. The Labute approximate surface area is 283 Å². The van der Waals surface area contributed by atoms with Gasteiger partial charge in [0.2, 0.25) is 0 Å². The zero-order valence-electron chi connectivity index (χ0n) is 26.6. The maximum absolute atomic E-state index is 6.15. The summed E-state index contributed by atoms with van der Waals surface area (Å²) in [5.74, 6) is 0. The molecule has 10 aromatic rings. The molecule has 0 amide bonds. The second kappa shape index (κ2) is 11.0. The molecule has 0 saturated carbocycles. The van der Waals surface area contributed by atoms with E-state index in [4.69, 9.17) is 4.42 Å². The molecule has 230 valence electrons. The highest BCUT2D eigenvalue weighted by Gasteiger charge is 2.19. The van der Waals surface area contributed by atoms with Crippen LogP contribution in [0, 0.1) is 0 Å². The van der Waals surface area contributed by atoms with Gasteiger partial charge in [0.05, 0.1) is 16.7 Å². The van der Waals surface area contributed by atoms with Gasteiger partial charge in [0.15, 0.2) is 0 Å². The van der Waals surface area contributed by atoms with Crippen LogP contribution < -0.4 is 4.90 Å². The van der Waals surface area contributed by atoms with Crippen LogP contribution in [0.3, 0.4) is 0 Å². The van der Waals surface area contributed by atoms with E-state index in [9.17, 15) is 0 Å². The van der Waals surface area contributed by atoms with Crippen molar-refractivity contribution in [1.82, 2.24) is 4.57 Å². The average molecular weight is 627 g/mol. The van der Waals surface area contributed by atoms with Gasteiger partial charge in [-0.3, -0.25) is 0 Å². The maximum atomic E-state index is 6.15. The quantitative estimate of drug-likeness (QED) is 0.190. The molecule has 0 spiro atoms. The fraction of sp³-hybridized carbons (Fsp3) is 0. The highest BCUT2D eigenvalue weighted by molar-refractivity contribution is 6.13. The van der Waals surface area contributed by atoms with Gasteiger partial charge in [0, 0.05) is 44.0 Å². The highest BCUT2D eigenvalue weighted by Crippen LogP contribution is 2.42. The van der Waals surface area contributed by atoms with Crippen molar-refractivity contribution in [3.8, 4) is 16.8 Å². The standard InChI is InChI=1S/C46H30N2O/c1-3-14-34(15-4-1)47(35-16-5-2-6-17-35)36-24-25-38-40-28-32(33-23-27-46-41(29-33)39-19-9-10-21-45(39)49-46)22-26-43(40)48(44(38)30-36)42-20-11-13-31-12-7-8-18-37(31)42/h1-30H. The molecule has 3 heteroatoms. The molecule has 0 atom stereocenters. The Kier molecular flexibility index (Phi) is 6.18. The fourth-order valence-electron chi connectivity index (χ4n) is 7.50. The van der Waals surface area contributed by atoms with Crippen LogP contribution in [0.1, 0.15) is 0 Å². The zero-order valence-corrected chi connectivity index (χ0v) is 26.6. The molecule has 2 heterocycles. The number of aromatic nitrogens is 1. The van der Waals surface area contributed by atoms with Crippen LogP contribution in [0.4, 0.5) is 17.1 Å². The van der Waals surface area contributed by atoms with Crippen LogP contribution in [-0.2, 0) is 0 Å². The Bertz CT molecular complexity index is 2780. The summed E-state index contributed by atoms with van der Waals surface area (Å²) in [6.07, 6.45) is 0. The number of anilines is 3. The summed E-state index contributed by atoms with van der Waals surface area (Å²) in [6.45, 7) is 0. The van der Waals surface area contributed by atoms with E-state index in [1.165, 1.54) is 43.9 Å². The molecule has 0 aliphatic carbocycles. The van der Waals surface area contributed by atoms with Gasteiger partial charge in [-0.1, -0.05) is 109 Å². The van der Waals surface area contributed by atoms with Gasteiger partial charge in [-0.05, 0) is 89.3 Å². The third kappa shape index (κ3) is 4.44. The molecule has 2 aromatic heterocycles. The molecule has 0 bridgehead atoms. The number of furan rings is 1. The van der Waals surface area contributed by atoms with Gasteiger partial charge in [0.1, 0.15) is 11.2 Å². The molecule has 0 aliphatic rings. The third-order valence-electron chi connectivity index (χ3n) is 9.75. The smallest absolute Gasteiger partial charge is 0.135 e. The predicted molar refractivity (Wildman–Crippen MR) is 206 cm³/mol. The molecule has 0 saturated heterocycles. The summed E-state index contributed by atoms with van der Waals surface area (Å²) < 4.78 is 8.59. The molecule has 49 heavy (non-hydrogen) atoms. The first-order valence-electron chi connectivity index (χ1n) is 16.7. The number of para-hydroxylation sites is 3. The van der Waals surface area contributed by atoms with E-state index in [2.05, 4.69) is 179 Å². The lowest BCUT2D eigenvalue weighted by Crippen LogP contribution is -2.09. The van der Waals surface area contributed by atoms with Crippen molar-refractivity contribution < 1.29 is 4.42 Å². The summed E-state index contributed by atoms with van der Waals surface area (Å²) in [5, 5.41) is 7.15. The van der Waals surface area contributed by atoms with Crippen LogP contribution in [0.5, 0.6) is 0 Å². The second-order valence-corrected chi connectivity index (χ2v) is 12.6. The van der Waals surface area contributed by atoms with Crippen molar-refractivity contribution in [2.24, 2.45) is 0 Å². The second-order valence-electron chi connectivity index (χ2n) is 12.6. The van der Waals surface area contributed by atoms with Crippen LogP contribution in [0.15, 0.2) is 186 Å². The number of hydrogen-bond donors (Lipinski definition) is 0. The minimum atomic E-state index is 0.910. The van der Waals surface area contributed by atoms with Crippen molar-refractivity contribution in [2.45, 2.75) is 0 Å². The van der Waals surface area contributed by atoms with Gasteiger partial charge in [-0.25, -0.2) is 0 Å². The first kappa shape index (κ1) is 27.5. The van der Waals surface area contributed by atoms with Crippen LogP contribution in [0.2, 0.25) is 0 Å². The molecule has 0 fully saturated rings. The van der Waals surface area contributed by atoms with Crippen molar-refractivity contribution in [1.29, 1.82) is 0 Å². The Morgan fingerprint density at radius 3 is 1.80 bits per heavy atom. The lowest BCUT2D eigenvalue weighted by molar-refractivity contribution is 0.669. The number of fused-ring (bicyclic) bond motifs is 7. The highest BCUT2D eigenvalue weighted by atomic mass is 16.3. The lowest BCUT2D eigenvalue weighted by Gasteiger charge is -2.25. The molecule has 0 aliphatic heterocycles. The summed E-state index contributed by atoms with van der Waals surface area (Å²) in [7, 11) is 0. The molecule has 0 unspecified atom stereocenters. The summed E-state index contributed by atoms with van der Waals surface area (Å²) >= 11 is 0. The lowest BCUT2D eigenvalue weighted by atomic mass is 10.0. The van der Waals surface area contributed by atoms with Crippen LogP contribution in [0.25, 0.3) is 71.3 Å². The Balaban J connectivity index is 1.24. The zero-order chi connectivity index (χ0) is 32.3. The first-order valence-corrected chi connectivity index (χ1v) is 16.7. The summed E-state index contributed by atoms with van der Waals surface area (Å²) in [4.78, 5) is 2.33. The number of hydrogen-bond acceptors (Lipinski definition) is 2. The molecule has 0 N–H and O–H groups in total.